The predicted octanol–water partition coefficient (Wildman–Crippen LogP) is 5.34. The van der Waals surface area contributed by atoms with Crippen molar-refractivity contribution in [2.75, 3.05) is 33.9 Å². The number of piperidine rings is 1. The monoisotopic (exact) mass is 492 g/mol. The summed E-state index contributed by atoms with van der Waals surface area (Å²) in [6.45, 7) is 1.72. The van der Waals surface area contributed by atoms with Gasteiger partial charge in [-0.3, -0.25) is 14.7 Å². The summed E-state index contributed by atoms with van der Waals surface area (Å²) in [5, 5.41) is 0.737. The Morgan fingerprint density at radius 1 is 1.22 bits per heavy atom. The quantitative estimate of drug-likeness (QED) is 0.329. The molecule has 0 spiro atoms. The molecule has 0 radical (unpaired) electrons. The number of carbonyl (C=O) groups is 1. The minimum atomic E-state index is -1.18. The number of aromatic nitrogens is 1. The number of methoxy groups -OCH3 is 2. The van der Waals surface area contributed by atoms with Gasteiger partial charge in [0.25, 0.3) is 0 Å². The summed E-state index contributed by atoms with van der Waals surface area (Å²) in [5.74, 6) is 5.77. The summed E-state index contributed by atoms with van der Waals surface area (Å²) in [6.07, 6.45) is 2.05. The van der Waals surface area contributed by atoms with Crippen LogP contribution < -0.4 is 4.74 Å². The molecule has 1 saturated heterocycles. The maximum absolute atomic E-state index is 15.5. The van der Waals surface area contributed by atoms with Crippen molar-refractivity contribution in [3.63, 3.8) is 0 Å². The molecule has 0 amide bonds. The molecule has 36 heavy (non-hydrogen) atoms. The highest BCUT2D eigenvalue weighted by Crippen LogP contribution is 2.35. The van der Waals surface area contributed by atoms with Crippen molar-refractivity contribution in [2.45, 2.75) is 25.4 Å². The van der Waals surface area contributed by atoms with Crippen LogP contribution in [0.1, 0.15) is 36.6 Å². The molecule has 0 N–H and O–H groups in total. The van der Waals surface area contributed by atoms with Crippen LogP contribution in [-0.4, -0.2) is 49.7 Å². The summed E-state index contributed by atoms with van der Waals surface area (Å²) < 4.78 is 39.2. The topological polar surface area (TPSA) is 51.7 Å². The van der Waals surface area contributed by atoms with Gasteiger partial charge in [-0.25, -0.2) is 8.78 Å². The van der Waals surface area contributed by atoms with Gasteiger partial charge in [0.05, 0.1) is 32.2 Å². The maximum Gasteiger partial charge on any atom is 0.310 e. The molecule has 0 bridgehead atoms. The van der Waals surface area contributed by atoms with Crippen molar-refractivity contribution in [3.05, 3.63) is 71.7 Å². The van der Waals surface area contributed by atoms with Crippen LogP contribution in [-0.2, 0) is 9.53 Å². The fourth-order valence-electron chi connectivity index (χ4n) is 4.86. The Hall–Kier alpha value is -3.50. The number of hydrogen-bond donors (Lipinski definition) is 0. The van der Waals surface area contributed by atoms with Gasteiger partial charge in [-0.05, 0) is 79.8 Å². The lowest BCUT2D eigenvalue weighted by Gasteiger charge is -2.36. The minimum absolute atomic E-state index is 0.0192. The lowest BCUT2D eigenvalue weighted by Crippen LogP contribution is -2.44. The highest BCUT2D eigenvalue weighted by molar-refractivity contribution is 5.83. The number of likely N-dealkylation sites (tertiary alicyclic amines) is 1. The van der Waals surface area contributed by atoms with Gasteiger partial charge in [0, 0.05) is 23.7 Å². The summed E-state index contributed by atoms with van der Waals surface area (Å²) in [5.41, 5.74) is 1.92. The van der Waals surface area contributed by atoms with E-state index < -0.39 is 6.17 Å². The first-order valence-corrected chi connectivity index (χ1v) is 12.1. The number of hydrogen-bond acceptors (Lipinski definition) is 5. The van der Waals surface area contributed by atoms with Crippen LogP contribution in [0.3, 0.4) is 0 Å². The van der Waals surface area contributed by atoms with E-state index in [0.29, 0.717) is 42.8 Å². The minimum Gasteiger partial charge on any atom is -0.497 e. The standard InChI is InChI=1S/C29H30F2N2O3/c1-35-23-9-11-28-25(18-23)24(12-14-32-28)27(31)10-8-21-13-16-33(19-26(21)29(34)36-2)15-4-6-20-5-3-7-22(30)17-20/h3,5,7,9,11-12,14,17-18,21,26-27H,8,10,13,15-16,19H2,1-2H3/t21-,26+,27?/m1/s1. The Kier molecular flexibility index (Phi) is 8.50. The zero-order chi connectivity index (χ0) is 25.5. The second-order valence-electron chi connectivity index (χ2n) is 9.05. The number of rotatable bonds is 7. The zero-order valence-corrected chi connectivity index (χ0v) is 20.5. The van der Waals surface area contributed by atoms with E-state index in [2.05, 4.69) is 21.7 Å². The second kappa shape index (κ2) is 12.0. The average Bonchev–Trinajstić information content (AvgIpc) is 2.91. The first-order chi connectivity index (χ1) is 17.5. The van der Waals surface area contributed by atoms with E-state index in [0.717, 1.165) is 23.9 Å². The molecule has 1 aliphatic heterocycles. The van der Waals surface area contributed by atoms with Gasteiger partial charge in [-0.1, -0.05) is 17.9 Å². The number of pyridine rings is 1. The average molecular weight is 493 g/mol. The van der Waals surface area contributed by atoms with Gasteiger partial charge in [-0.15, -0.1) is 0 Å². The number of alkyl halides is 1. The van der Waals surface area contributed by atoms with E-state index in [1.165, 1.54) is 19.2 Å². The fraction of sp³-hybridized carbons (Fsp3) is 0.379. The first kappa shape index (κ1) is 25.6. The van der Waals surface area contributed by atoms with E-state index in [9.17, 15) is 9.18 Å². The fourth-order valence-corrected chi connectivity index (χ4v) is 4.86. The molecular weight excluding hydrogens is 462 g/mol. The largest absolute Gasteiger partial charge is 0.497 e. The first-order valence-electron chi connectivity index (χ1n) is 12.1. The van der Waals surface area contributed by atoms with Gasteiger partial charge < -0.3 is 9.47 Å². The molecule has 1 unspecified atom stereocenters. The maximum atomic E-state index is 15.5. The van der Waals surface area contributed by atoms with Gasteiger partial charge in [0.1, 0.15) is 17.7 Å². The van der Waals surface area contributed by atoms with Crippen molar-refractivity contribution in [1.82, 2.24) is 9.88 Å². The third kappa shape index (κ3) is 6.19. The smallest absolute Gasteiger partial charge is 0.310 e. The molecule has 0 aliphatic carbocycles. The van der Waals surface area contributed by atoms with E-state index in [4.69, 9.17) is 9.47 Å². The number of halogens is 2. The van der Waals surface area contributed by atoms with Crippen molar-refractivity contribution in [1.29, 1.82) is 0 Å². The van der Waals surface area contributed by atoms with E-state index in [-0.39, 0.29) is 23.6 Å². The predicted molar refractivity (Wildman–Crippen MR) is 135 cm³/mol. The van der Waals surface area contributed by atoms with Crippen LogP contribution in [0, 0.1) is 29.5 Å². The molecule has 188 valence electrons. The van der Waals surface area contributed by atoms with Crippen LogP contribution in [0.2, 0.25) is 0 Å². The number of carbonyl (C=O) groups excluding carboxylic acids is 1. The lowest BCUT2D eigenvalue weighted by molar-refractivity contribution is -0.150. The molecule has 3 aromatic rings. The van der Waals surface area contributed by atoms with Gasteiger partial charge in [-0.2, -0.15) is 0 Å². The number of nitrogens with zero attached hydrogens (tertiary/aromatic N) is 2. The Labute approximate surface area is 210 Å². The van der Waals surface area contributed by atoms with Crippen LogP contribution in [0.15, 0.2) is 54.7 Å². The van der Waals surface area contributed by atoms with Gasteiger partial charge >= 0.3 is 5.97 Å². The molecule has 2 aromatic carbocycles. The van der Waals surface area contributed by atoms with E-state index >= 15 is 4.39 Å². The van der Waals surface area contributed by atoms with Crippen LogP contribution in [0.25, 0.3) is 10.9 Å². The van der Waals surface area contributed by atoms with E-state index in [1.54, 1.807) is 31.5 Å². The van der Waals surface area contributed by atoms with Crippen molar-refractivity contribution >= 4 is 16.9 Å². The zero-order valence-electron chi connectivity index (χ0n) is 20.5. The summed E-state index contributed by atoms with van der Waals surface area (Å²) in [6, 6.07) is 13.3. The number of fused-ring (bicyclic) bond motifs is 1. The van der Waals surface area contributed by atoms with Crippen LogP contribution in [0.5, 0.6) is 5.75 Å². The number of ether oxygens (including phenoxy) is 2. The highest BCUT2D eigenvalue weighted by Gasteiger charge is 2.35. The SMILES string of the molecule is COC(=O)[C@H]1CN(CC#Cc2cccc(F)c2)CC[C@H]1CCC(F)c1ccnc2ccc(OC)cc12. The van der Waals surface area contributed by atoms with Crippen molar-refractivity contribution in [2.24, 2.45) is 11.8 Å². The normalized spacial score (nSPS) is 18.8. The molecule has 1 fully saturated rings. The Morgan fingerprint density at radius 3 is 2.86 bits per heavy atom. The molecule has 1 aromatic heterocycles. The molecule has 0 saturated carbocycles. The summed E-state index contributed by atoms with van der Waals surface area (Å²) in [7, 11) is 2.97. The summed E-state index contributed by atoms with van der Waals surface area (Å²) >= 11 is 0. The Morgan fingerprint density at radius 2 is 2.08 bits per heavy atom. The molecule has 2 heterocycles. The Balaban J connectivity index is 1.40. The molecule has 1 aliphatic rings. The Bertz CT molecular complexity index is 1270. The highest BCUT2D eigenvalue weighted by atomic mass is 19.1. The third-order valence-corrected chi connectivity index (χ3v) is 6.81. The van der Waals surface area contributed by atoms with Crippen molar-refractivity contribution in [3.8, 4) is 17.6 Å². The molecular formula is C29H30F2N2O3. The number of benzene rings is 2. The number of esters is 1. The molecule has 4 rings (SSSR count). The van der Waals surface area contributed by atoms with Crippen molar-refractivity contribution < 1.29 is 23.0 Å². The van der Waals surface area contributed by atoms with Crippen LogP contribution in [0.4, 0.5) is 8.78 Å². The van der Waals surface area contributed by atoms with Crippen LogP contribution >= 0.6 is 0 Å². The summed E-state index contributed by atoms with van der Waals surface area (Å²) in [4.78, 5) is 19.0. The molecule has 3 atom stereocenters. The molecule has 7 heteroatoms. The molecule has 5 nitrogen and oxygen atoms in total. The second-order valence-corrected chi connectivity index (χ2v) is 9.05. The lowest BCUT2D eigenvalue weighted by atomic mass is 9.81. The third-order valence-electron chi connectivity index (χ3n) is 6.81. The van der Waals surface area contributed by atoms with Gasteiger partial charge in [0.2, 0.25) is 0 Å². The van der Waals surface area contributed by atoms with E-state index in [1.807, 2.05) is 18.2 Å². The van der Waals surface area contributed by atoms with Gasteiger partial charge in [0.15, 0.2) is 0 Å².